The van der Waals surface area contributed by atoms with Crippen molar-refractivity contribution in [1.29, 1.82) is 5.26 Å². The maximum absolute atomic E-state index is 10.1. The van der Waals surface area contributed by atoms with Crippen LogP contribution < -0.4 is 0 Å². The van der Waals surface area contributed by atoms with Gasteiger partial charge in [0.15, 0.2) is 5.79 Å². The summed E-state index contributed by atoms with van der Waals surface area (Å²) in [6.45, 7) is 2.18. The molecule has 1 aliphatic rings. The van der Waals surface area contributed by atoms with Crippen LogP contribution in [0.2, 0.25) is 0 Å². The van der Waals surface area contributed by atoms with E-state index in [0.29, 0.717) is 5.92 Å². The first-order valence-electron chi connectivity index (χ1n) is 6.93. The van der Waals surface area contributed by atoms with E-state index in [2.05, 4.69) is 6.92 Å². The Morgan fingerprint density at radius 3 is 2.71 bits per heavy atom. The van der Waals surface area contributed by atoms with E-state index in [0.717, 1.165) is 25.7 Å². The van der Waals surface area contributed by atoms with Gasteiger partial charge in [0.25, 0.3) is 0 Å². The van der Waals surface area contributed by atoms with E-state index in [-0.39, 0.29) is 18.8 Å². The van der Waals surface area contributed by atoms with Gasteiger partial charge in [-0.15, -0.1) is 0 Å². The molecular weight excluding hydrogens is 214 g/mol. The summed E-state index contributed by atoms with van der Waals surface area (Å²) in [5.74, 6) is -1.20. The molecule has 0 amide bonds. The van der Waals surface area contributed by atoms with E-state index in [4.69, 9.17) is 5.26 Å². The summed E-state index contributed by atoms with van der Waals surface area (Å²) in [6.07, 6.45) is 8.25. The van der Waals surface area contributed by atoms with E-state index in [1.165, 1.54) is 19.3 Å². The molecular formula is C14H25NO2. The molecule has 0 bridgehead atoms. The fourth-order valence-electron chi connectivity index (χ4n) is 3.07. The third-order valence-electron chi connectivity index (χ3n) is 4.04. The van der Waals surface area contributed by atoms with Gasteiger partial charge >= 0.3 is 0 Å². The van der Waals surface area contributed by atoms with Crippen LogP contribution in [0.3, 0.4) is 0 Å². The lowest BCUT2D eigenvalue weighted by Gasteiger charge is -2.32. The first-order valence-corrected chi connectivity index (χ1v) is 6.93. The Morgan fingerprint density at radius 1 is 1.29 bits per heavy atom. The zero-order valence-electron chi connectivity index (χ0n) is 10.9. The van der Waals surface area contributed by atoms with Crippen LogP contribution in [0, 0.1) is 23.2 Å². The normalized spacial score (nSPS) is 24.8. The van der Waals surface area contributed by atoms with Crippen molar-refractivity contribution >= 4 is 0 Å². The molecule has 17 heavy (non-hydrogen) atoms. The smallest absolute Gasteiger partial charge is 0.166 e. The second-order valence-corrected chi connectivity index (χ2v) is 5.33. The molecule has 0 aromatic carbocycles. The highest BCUT2D eigenvalue weighted by atomic mass is 16.5. The van der Waals surface area contributed by atoms with E-state index >= 15 is 0 Å². The van der Waals surface area contributed by atoms with Crippen molar-refractivity contribution in [2.45, 2.75) is 70.5 Å². The van der Waals surface area contributed by atoms with Crippen LogP contribution in [0.4, 0.5) is 0 Å². The molecule has 0 aromatic rings. The van der Waals surface area contributed by atoms with Crippen LogP contribution in [-0.4, -0.2) is 16.0 Å². The van der Waals surface area contributed by atoms with Crippen molar-refractivity contribution in [3.8, 4) is 6.07 Å². The van der Waals surface area contributed by atoms with Crippen LogP contribution >= 0.6 is 0 Å². The van der Waals surface area contributed by atoms with Gasteiger partial charge in [0.1, 0.15) is 0 Å². The monoisotopic (exact) mass is 239 g/mol. The van der Waals surface area contributed by atoms with Crippen molar-refractivity contribution < 1.29 is 10.2 Å². The van der Waals surface area contributed by atoms with E-state index in [1.807, 2.05) is 6.07 Å². The Kier molecular flexibility index (Phi) is 5.94. The standard InChI is InChI=1S/C14H25NO2/c1-2-3-4-7-12-8-5-9-13(12)14(16,17)10-6-11-15/h12-13,16-17H,2-10H2,1H3. The van der Waals surface area contributed by atoms with Crippen molar-refractivity contribution in [1.82, 2.24) is 0 Å². The van der Waals surface area contributed by atoms with Gasteiger partial charge < -0.3 is 10.2 Å². The van der Waals surface area contributed by atoms with Crippen molar-refractivity contribution in [3.63, 3.8) is 0 Å². The predicted octanol–water partition coefficient (Wildman–Crippen LogP) is 2.97. The maximum Gasteiger partial charge on any atom is 0.166 e. The van der Waals surface area contributed by atoms with Crippen molar-refractivity contribution in [3.05, 3.63) is 0 Å². The Labute approximate surface area is 104 Å². The molecule has 0 aromatic heterocycles. The zero-order valence-corrected chi connectivity index (χ0v) is 10.9. The molecule has 1 rings (SSSR count). The van der Waals surface area contributed by atoms with Gasteiger partial charge in [0, 0.05) is 18.8 Å². The molecule has 1 fully saturated rings. The summed E-state index contributed by atoms with van der Waals surface area (Å²) in [5, 5.41) is 28.7. The molecule has 0 aliphatic heterocycles. The van der Waals surface area contributed by atoms with Gasteiger partial charge in [-0.3, -0.25) is 0 Å². The summed E-state index contributed by atoms with van der Waals surface area (Å²) >= 11 is 0. The highest BCUT2D eigenvalue weighted by Gasteiger charge is 2.41. The molecule has 2 N–H and O–H groups in total. The highest BCUT2D eigenvalue weighted by Crippen LogP contribution is 2.42. The molecule has 0 saturated heterocycles. The topological polar surface area (TPSA) is 64.2 Å². The lowest BCUT2D eigenvalue weighted by molar-refractivity contribution is -0.211. The minimum atomic E-state index is -1.62. The summed E-state index contributed by atoms with van der Waals surface area (Å²) in [7, 11) is 0. The molecule has 3 heteroatoms. The number of nitriles is 1. The molecule has 0 radical (unpaired) electrons. The van der Waals surface area contributed by atoms with Crippen LogP contribution in [-0.2, 0) is 0 Å². The number of hydrogen-bond donors (Lipinski definition) is 2. The molecule has 2 unspecified atom stereocenters. The van der Waals surface area contributed by atoms with E-state index in [9.17, 15) is 10.2 Å². The van der Waals surface area contributed by atoms with E-state index in [1.54, 1.807) is 0 Å². The van der Waals surface area contributed by atoms with Gasteiger partial charge in [-0.2, -0.15) is 5.26 Å². The van der Waals surface area contributed by atoms with Crippen LogP contribution in [0.5, 0.6) is 0 Å². The Morgan fingerprint density at radius 2 is 2.06 bits per heavy atom. The average Bonchev–Trinajstić information content (AvgIpc) is 2.76. The third kappa shape index (κ3) is 4.29. The fraction of sp³-hybridized carbons (Fsp3) is 0.929. The summed E-state index contributed by atoms with van der Waals surface area (Å²) < 4.78 is 0. The quantitative estimate of drug-likeness (QED) is 0.530. The lowest BCUT2D eigenvalue weighted by atomic mass is 9.82. The second-order valence-electron chi connectivity index (χ2n) is 5.33. The molecule has 2 atom stereocenters. The molecule has 0 spiro atoms. The van der Waals surface area contributed by atoms with Crippen molar-refractivity contribution in [2.24, 2.45) is 11.8 Å². The molecule has 1 aliphatic carbocycles. The Balaban J connectivity index is 2.46. The van der Waals surface area contributed by atoms with Crippen LogP contribution in [0.15, 0.2) is 0 Å². The number of nitrogens with zero attached hydrogens (tertiary/aromatic N) is 1. The molecule has 1 saturated carbocycles. The average molecular weight is 239 g/mol. The second kappa shape index (κ2) is 6.98. The van der Waals surface area contributed by atoms with Gasteiger partial charge in [-0.1, -0.05) is 32.6 Å². The van der Waals surface area contributed by atoms with Crippen LogP contribution in [0.25, 0.3) is 0 Å². The minimum absolute atomic E-state index is 0.0206. The summed E-state index contributed by atoms with van der Waals surface area (Å²) in [4.78, 5) is 0. The number of hydrogen-bond acceptors (Lipinski definition) is 3. The number of aliphatic hydroxyl groups is 2. The third-order valence-corrected chi connectivity index (χ3v) is 4.04. The molecule has 98 valence electrons. The van der Waals surface area contributed by atoms with Crippen LogP contribution in [0.1, 0.15) is 64.7 Å². The summed E-state index contributed by atoms with van der Waals surface area (Å²) in [5.41, 5.74) is 0. The number of unbranched alkanes of at least 4 members (excludes halogenated alkanes) is 2. The molecule has 0 heterocycles. The predicted molar refractivity (Wildman–Crippen MR) is 67.0 cm³/mol. The first-order chi connectivity index (χ1) is 8.11. The van der Waals surface area contributed by atoms with Crippen molar-refractivity contribution in [2.75, 3.05) is 0 Å². The van der Waals surface area contributed by atoms with Gasteiger partial charge in [0.2, 0.25) is 0 Å². The van der Waals surface area contributed by atoms with E-state index < -0.39 is 5.79 Å². The highest BCUT2D eigenvalue weighted by molar-refractivity contribution is 4.88. The maximum atomic E-state index is 10.1. The minimum Gasteiger partial charge on any atom is -0.365 e. The molecule has 3 nitrogen and oxygen atoms in total. The Bertz CT molecular complexity index is 257. The zero-order chi connectivity index (χ0) is 12.7. The number of rotatable bonds is 7. The first kappa shape index (κ1) is 14.5. The van der Waals surface area contributed by atoms with Gasteiger partial charge in [-0.05, 0) is 25.2 Å². The summed E-state index contributed by atoms with van der Waals surface area (Å²) in [6, 6.07) is 1.99. The van der Waals surface area contributed by atoms with Gasteiger partial charge in [-0.25, -0.2) is 0 Å². The SMILES string of the molecule is CCCCCC1CCCC1C(O)(O)CCC#N. The largest absolute Gasteiger partial charge is 0.365 e. The fourth-order valence-corrected chi connectivity index (χ4v) is 3.07. The lowest BCUT2D eigenvalue weighted by Crippen LogP contribution is -2.39. The van der Waals surface area contributed by atoms with Gasteiger partial charge in [0.05, 0.1) is 6.07 Å². The Hall–Kier alpha value is -0.590.